The summed E-state index contributed by atoms with van der Waals surface area (Å²) >= 11 is 5.95. The van der Waals surface area contributed by atoms with Crippen molar-refractivity contribution in [2.24, 2.45) is 5.10 Å². The zero-order valence-electron chi connectivity index (χ0n) is 16.5. The Hall–Kier alpha value is -4.17. The molecule has 4 rings (SSSR count). The van der Waals surface area contributed by atoms with Crippen molar-refractivity contribution in [1.82, 2.24) is 5.43 Å². The number of fused-ring (bicyclic) bond motifs is 1. The largest absolute Gasteiger partial charge is 0.488 e. The van der Waals surface area contributed by atoms with Gasteiger partial charge < -0.3 is 9.15 Å². The Kier molecular flexibility index (Phi) is 6.14. The van der Waals surface area contributed by atoms with Gasteiger partial charge in [0.2, 0.25) is 0 Å². The number of benzene rings is 3. The molecule has 1 amide bonds. The lowest BCUT2D eigenvalue weighted by Gasteiger charge is -2.09. The number of carbonyl (C=O) groups excluding carboxylic acids is 1. The zero-order chi connectivity index (χ0) is 22.5. The van der Waals surface area contributed by atoms with Crippen LogP contribution in [0.25, 0.3) is 11.0 Å². The molecule has 0 aliphatic rings. The minimum Gasteiger partial charge on any atom is -0.488 e. The van der Waals surface area contributed by atoms with E-state index in [-0.39, 0.29) is 18.1 Å². The van der Waals surface area contributed by atoms with Gasteiger partial charge >= 0.3 is 5.91 Å². The molecule has 160 valence electrons. The summed E-state index contributed by atoms with van der Waals surface area (Å²) in [5, 5.41) is 16.0. The van der Waals surface area contributed by atoms with E-state index in [1.165, 1.54) is 18.3 Å². The molecule has 0 aliphatic carbocycles. The topological polar surface area (TPSA) is 107 Å². The number of non-ortho nitro benzene ring substituents is 1. The van der Waals surface area contributed by atoms with Crippen LogP contribution in [0.2, 0.25) is 5.02 Å². The van der Waals surface area contributed by atoms with Crippen molar-refractivity contribution >= 4 is 40.4 Å². The Balaban J connectivity index is 1.40. The van der Waals surface area contributed by atoms with Gasteiger partial charge in [-0.05, 0) is 54.1 Å². The average Bonchev–Trinajstić information content (AvgIpc) is 3.22. The summed E-state index contributed by atoms with van der Waals surface area (Å²) in [6, 6.07) is 19.9. The molecule has 0 aliphatic heterocycles. The van der Waals surface area contributed by atoms with Gasteiger partial charge in [-0.2, -0.15) is 5.10 Å². The van der Waals surface area contributed by atoms with Crippen LogP contribution in [0.15, 0.2) is 82.3 Å². The van der Waals surface area contributed by atoms with Crippen molar-refractivity contribution in [3.63, 3.8) is 0 Å². The van der Waals surface area contributed by atoms with E-state index >= 15 is 0 Å². The number of nitrogens with zero attached hydrogens (tertiary/aromatic N) is 2. The maximum atomic E-state index is 12.3. The lowest BCUT2D eigenvalue weighted by atomic mass is 10.2. The highest BCUT2D eigenvalue weighted by Gasteiger charge is 2.12. The summed E-state index contributed by atoms with van der Waals surface area (Å²) in [5.41, 5.74) is 4.42. The summed E-state index contributed by atoms with van der Waals surface area (Å²) in [5.74, 6) is 0.155. The molecular weight excluding hydrogens is 434 g/mol. The molecule has 1 heterocycles. The Morgan fingerprint density at radius 2 is 1.91 bits per heavy atom. The molecule has 9 heteroatoms. The number of amides is 1. The first kappa shape index (κ1) is 21.1. The molecule has 0 saturated heterocycles. The maximum Gasteiger partial charge on any atom is 0.307 e. The number of nitro benzene ring substituents is 1. The number of ether oxygens (including phenoxy) is 1. The minimum atomic E-state index is -0.502. The van der Waals surface area contributed by atoms with Gasteiger partial charge in [-0.3, -0.25) is 14.9 Å². The van der Waals surface area contributed by atoms with E-state index in [4.69, 9.17) is 20.8 Å². The van der Waals surface area contributed by atoms with Gasteiger partial charge in [0.05, 0.1) is 11.1 Å². The summed E-state index contributed by atoms with van der Waals surface area (Å²) in [7, 11) is 0. The highest BCUT2D eigenvalue weighted by molar-refractivity contribution is 6.31. The number of nitro groups is 1. The molecule has 0 unspecified atom stereocenters. The number of para-hydroxylation sites is 1. The first-order valence-electron chi connectivity index (χ1n) is 9.47. The molecule has 0 radical (unpaired) electrons. The molecular formula is C23H16ClN3O5. The van der Waals surface area contributed by atoms with Crippen LogP contribution in [0.4, 0.5) is 5.69 Å². The molecule has 32 heavy (non-hydrogen) atoms. The Labute approximate surface area is 187 Å². The fraction of sp³-hybridized carbons (Fsp3) is 0.0435. The van der Waals surface area contributed by atoms with Crippen LogP contribution < -0.4 is 10.2 Å². The van der Waals surface area contributed by atoms with Gasteiger partial charge in [0.25, 0.3) is 5.69 Å². The highest BCUT2D eigenvalue weighted by atomic mass is 35.5. The number of hydrazone groups is 1. The third-order valence-corrected chi connectivity index (χ3v) is 4.77. The summed E-state index contributed by atoms with van der Waals surface area (Å²) in [6.07, 6.45) is 1.46. The van der Waals surface area contributed by atoms with Gasteiger partial charge in [0, 0.05) is 28.1 Å². The van der Waals surface area contributed by atoms with E-state index in [2.05, 4.69) is 10.5 Å². The first-order chi connectivity index (χ1) is 15.5. The summed E-state index contributed by atoms with van der Waals surface area (Å²) in [4.78, 5) is 22.6. The molecule has 0 fully saturated rings. The van der Waals surface area contributed by atoms with Gasteiger partial charge in [0.15, 0.2) is 5.76 Å². The second-order valence-corrected chi connectivity index (χ2v) is 7.18. The zero-order valence-corrected chi connectivity index (χ0v) is 17.3. The molecule has 1 aromatic heterocycles. The summed E-state index contributed by atoms with van der Waals surface area (Å²) in [6.45, 7) is 0.219. The van der Waals surface area contributed by atoms with Crippen LogP contribution in [0.1, 0.15) is 21.7 Å². The maximum absolute atomic E-state index is 12.3. The minimum absolute atomic E-state index is 0.0181. The van der Waals surface area contributed by atoms with Crippen molar-refractivity contribution in [3.8, 4) is 5.75 Å². The Morgan fingerprint density at radius 3 is 2.69 bits per heavy atom. The molecule has 4 aromatic rings. The second kappa shape index (κ2) is 9.32. The third kappa shape index (κ3) is 4.93. The molecule has 0 spiro atoms. The van der Waals surface area contributed by atoms with Crippen LogP contribution in [-0.2, 0) is 6.61 Å². The van der Waals surface area contributed by atoms with Gasteiger partial charge in [0.1, 0.15) is 17.9 Å². The number of carbonyl (C=O) groups is 1. The van der Waals surface area contributed by atoms with E-state index in [9.17, 15) is 14.9 Å². The van der Waals surface area contributed by atoms with Crippen LogP contribution in [0, 0.1) is 10.1 Å². The van der Waals surface area contributed by atoms with Crippen LogP contribution in [-0.4, -0.2) is 17.0 Å². The van der Waals surface area contributed by atoms with E-state index < -0.39 is 10.8 Å². The smallest absolute Gasteiger partial charge is 0.307 e. The van der Waals surface area contributed by atoms with E-state index in [1.807, 2.05) is 6.07 Å². The van der Waals surface area contributed by atoms with Crippen molar-refractivity contribution < 1.29 is 18.9 Å². The van der Waals surface area contributed by atoms with E-state index in [0.29, 0.717) is 21.9 Å². The number of furan rings is 1. The lowest BCUT2D eigenvalue weighted by Crippen LogP contribution is -2.16. The Bertz CT molecular complexity index is 1310. The van der Waals surface area contributed by atoms with Crippen molar-refractivity contribution in [2.75, 3.05) is 0 Å². The SMILES string of the molecule is O=C(N/N=C\c1ccccc1OCc1ccc([N+](=O)[O-])cc1)c1cc2cc(Cl)ccc2o1. The van der Waals surface area contributed by atoms with E-state index in [1.54, 1.807) is 54.6 Å². The number of hydrogen-bond donors (Lipinski definition) is 1. The molecule has 0 saturated carbocycles. The number of hydrogen-bond acceptors (Lipinski definition) is 6. The fourth-order valence-electron chi connectivity index (χ4n) is 2.94. The summed E-state index contributed by atoms with van der Waals surface area (Å²) < 4.78 is 11.3. The molecule has 0 bridgehead atoms. The fourth-order valence-corrected chi connectivity index (χ4v) is 3.12. The molecule has 0 atom stereocenters. The predicted octanol–water partition coefficient (Wildman–Crippen LogP) is 5.34. The van der Waals surface area contributed by atoms with Crippen molar-refractivity contribution in [2.45, 2.75) is 6.61 Å². The van der Waals surface area contributed by atoms with Crippen molar-refractivity contribution in [3.05, 3.63) is 105 Å². The monoisotopic (exact) mass is 449 g/mol. The Morgan fingerprint density at radius 1 is 1.12 bits per heavy atom. The molecule has 8 nitrogen and oxygen atoms in total. The van der Waals surface area contributed by atoms with Gasteiger partial charge in [-0.15, -0.1) is 0 Å². The third-order valence-electron chi connectivity index (χ3n) is 4.53. The normalized spacial score (nSPS) is 11.0. The first-order valence-corrected chi connectivity index (χ1v) is 9.85. The number of halogens is 1. The van der Waals surface area contributed by atoms with E-state index in [0.717, 1.165) is 10.9 Å². The second-order valence-electron chi connectivity index (χ2n) is 6.74. The molecule has 1 N–H and O–H groups in total. The van der Waals surface area contributed by atoms with Crippen LogP contribution >= 0.6 is 11.6 Å². The van der Waals surface area contributed by atoms with Gasteiger partial charge in [-0.1, -0.05) is 23.7 Å². The highest BCUT2D eigenvalue weighted by Crippen LogP contribution is 2.23. The van der Waals surface area contributed by atoms with Crippen molar-refractivity contribution in [1.29, 1.82) is 0 Å². The molecule has 3 aromatic carbocycles. The number of rotatable bonds is 7. The van der Waals surface area contributed by atoms with Gasteiger partial charge in [-0.25, -0.2) is 5.43 Å². The van der Waals surface area contributed by atoms with Crippen LogP contribution in [0.5, 0.6) is 5.75 Å². The standard InChI is InChI=1S/C23H16ClN3O5/c24-18-7-10-21-17(11-18)12-22(32-21)23(28)26-25-13-16-3-1-2-4-20(16)31-14-15-5-8-19(9-6-15)27(29)30/h1-13H,14H2,(H,26,28)/b25-13-. The average molecular weight is 450 g/mol. The predicted molar refractivity (Wildman–Crippen MR) is 120 cm³/mol. The number of nitrogens with one attached hydrogen (secondary N) is 1. The van der Waals surface area contributed by atoms with Crippen LogP contribution in [0.3, 0.4) is 0 Å². The quantitative estimate of drug-likeness (QED) is 0.233. The lowest BCUT2D eigenvalue weighted by molar-refractivity contribution is -0.384.